The molecule has 21 heavy (non-hydrogen) atoms. The Balaban J connectivity index is 1.33. The molecule has 1 atom stereocenters. The lowest BCUT2D eigenvalue weighted by Crippen LogP contribution is -2.40. The van der Waals surface area contributed by atoms with E-state index in [0.29, 0.717) is 6.54 Å². The van der Waals surface area contributed by atoms with E-state index in [2.05, 4.69) is 17.4 Å². The fourth-order valence-corrected chi connectivity index (χ4v) is 2.68. The van der Waals surface area contributed by atoms with Crippen molar-refractivity contribution in [3.8, 4) is 0 Å². The summed E-state index contributed by atoms with van der Waals surface area (Å²) < 4.78 is 5.86. The minimum atomic E-state index is 0.0449. The van der Waals surface area contributed by atoms with E-state index >= 15 is 0 Å². The molecule has 1 saturated carbocycles. The SMILES string of the molecule is O=C(NCCc1ccccc1)N1CCC(OCC2CC2)C1. The van der Waals surface area contributed by atoms with Crippen molar-refractivity contribution in [1.82, 2.24) is 10.2 Å². The maximum Gasteiger partial charge on any atom is 0.317 e. The van der Waals surface area contributed by atoms with Crippen LogP contribution in [0, 0.1) is 5.92 Å². The number of urea groups is 1. The molecule has 0 bridgehead atoms. The van der Waals surface area contributed by atoms with Gasteiger partial charge in [0.15, 0.2) is 0 Å². The van der Waals surface area contributed by atoms with Gasteiger partial charge in [0.2, 0.25) is 0 Å². The Morgan fingerprint density at radius 3 is 2.81 bits per heavy atom. The molecule has 114 valence electrons. The van der Waals surface area contributed by atoms with E-state index in [0.717, 1.165) is 38.5 Å². The highest BCUT2D eigenvalue weighted by atomic mass is 16.5. The highest BCUT2D eigenvalue weighted by molar-refractivity contribution is 5.74. The summed E-state index contributed by atoms with van der Waals surface area (Å²) in [6.07, 6.45) is 4.72. The Bertz CT molecular complexity index is 459. The van der Waals surface area contributed by atoms with Crippen molar-refractivity contribution in [3.63, 3.8) is 0 Å². The summed E-state index contributed by atoms with van der Waals surface area (Å²) in [5, 5.41) is 3.00. The van der Waals surface area contributed by atoms with E-state index in [9.17, 15) is 4.79 Å². The van der Waals surface area contributed by atoms with Gasteiger partial charge in [-0.15, -0.1) is 0 Å². The zero-order chi connectivity index (χ0) is 14.5. The van der Waals surface area contributed by atoms with Crippen LogP contribution in [0.2, 0.25) is 0 Å². The second kappa shape index (κ2) is 6.94. The maximum atomic E-state index is 12.1. The molecule has 0 radical (unpaired) electrons. The number of hydrogen-bond acceptors (Lipinski definition) is 2. The molecule has 1 N–H and O–H groups in total. The van der Waals surface area contributed by atoms with Crippen molar-refractivity contribution in [1.29, 1.82) is 0 Å². The second-order valence-corrected chi connectivity index (χ2v) is 6.10. The van der Waals surface area contributed by atoms with Crippen LogP contribution in [-0.4, -0.2) is 43.3 Å². The smallest absolute Gasteiger partial charge is 0.317 e. The number of amides is 2. The summed E-state index contributed by atoms with van der Waals surface area (Å²) >= 11 is 0. The van der Waals surface area contributed by atoms with Gasteiger partial charge < -0.3 is 15.0 Å². The molecule has 2 amide bonds. The van der Waals surface area contributed by atoms with Crippen molar-refractivity contribution >= 4 is 6.03 Å². The Kier molecular flexibility index (Phi) is 4.76. The predicted octanol–water partition coefficient (Wildman–Crippen LogP) is 2.44. The number of benzene rings is 1. The fourth-order valence-electron chi connectivity index (χ4n) is 2.68. The number of nitrogens with one attached hydrogen (secondary N) is 1. The predicted molar refractivity (Wildman–Crippen MR) is 82.2 cm³/mol. The lowest BCUT2D eigenvalue weighted by molar-refractivity contribution is 0.0538. The highest BCUT2D eigenvalue weighted by Crippen LogP contribution is 2.29. The van der Waals surface area contributed by atoms with Crippen molar-refractivity contribution in [2.45, 2.75) is 31.8 Å². The second-order valence-electron chi connectivity index (χ2n) is 6.10. The monoisotopic (exact) mass is 288 g/mol. The standard InChI is InChI=1S/C17H24N2O2/c20-17(18-10-8-14-4-2-1-3-5-14)19-11-9-16(12-19)21-13-15-6-7-15/h1-5,15-16H,6-13H2,(H,18,20). The van der Waals surface area contributed by atoms with Gasteiger partial charge in [-0.25, -0.2) is 4.79 Å². The van der Waals surface area contributed by atoms with Gasteiger partial charge in [-0.2, -0.15) is 0 Å². The van der Waals surface area contributed by atoms with Gasteiger partial charge in [0.25, 0.3) is 0 Å². The Morgan fingerprint density at radius 1 is 1.24 bits per heavy atom. The first-order valence-corrected chi connectivity index (χ1v) is 7.99. The van der Waals surface area contributed by atoms with E-state index in [1.165, 1.54) is 18.4 Å². The Labute approximate surface area is 126 Å². The molecule has 1 aliphatic carbocycles. The number of likely N-dealkylation sites (tertiary alicyclic amines) is 1. The van der Waals surface area contributed by atoms with Crippen LogP contribution >= 0.6 is 0 Å². The molecule has 4 nitrogen and oxygen atoms in total. The van der Waals surface area contributed by atoms with Crippen LogP contribution < -0.4 is 5.32 Å². The van der Waals surface area contributed by atoms with Crippen molar-refractivity contribution in [2.75, 3.05) is 26.2 Å². The zero-order valence-electron chi connectivity index (χ0n) is 12.5. The molecular weight excluding hydrogens is 264 g/mol. The summed E-state index contributed by atoms with van der Waals surface area (Å²) in [6.45, 7) is 3.12. The van der Waals surface area contributed by atoms with Crippen LogP contribution in [0.3, 0.4) is 0 Å². The van der Waals surface area contributed by atoms with Crippen LogP contribution in [0.1, 0.15) is 24.8 Å². The van der Waals surface area contributed by atoms with Crippen molar-refractivity contribution < 1.29 is 9.53 Å². The largest absolute Gasteiger partial charge is 0.376 e. The lowest BCUT2D eigenvalue weighted by atomic mass is 10.1. The summed E-state index contributed by atoms with van der Waals surface area (Å²) in [4.78, 5) is 14.0. The minimum Gasteiger partial charge on any atom is -0.376 e. The number of nitrogens with zero attached hydrogens (tertiary/aromatic N) is 1. The number of rotatable bonds is 6. The van der Waals surface area contributed by atoms with Gasteiger partial charge in [0.1, 0.15) is 0 Å². The topological polar surface area (TPSA) is 41.6 Å². The zero-order valence-corrected chi connectivity index (χ0v) is 12.5. The third kappa shape index (κ3) is 4.46. The molecule has 4 heteroatoms. The molecule has 1 saturated heterocycles. The first kappa shape index (κ1) is 14.4. The number of carbonyl (C=O) groups excluding carboxylic acids is 1. The van der Waals surface area contributed by atoms with E-state index in [-0.39, 0.29) is 12.1 Å². The van der Waals surface area contributed by atoms with E-state index in [1.807, 2.05) is 23.1 Å². The average Bonchev–Trinajstić information content (AvgIpc) is 3.22. The molecule has 2 fully saturated rings. The van der Waals surface area contributed by atoms with Crippen LogP contribution in [0.25, 0.3) is 0 Å². The number of hydrogen-bond donors (Lipinski definition) is 1. The molecule has 1 heterocycles. The summed E-state index contributed by atoms with van der Waals surface area (Å²) in [6, 6.07) is 10.3. The third-order valence-corrected chi connectivity index (χ3v) is 4.23. The molecule has 0 spiro atoms. The molecule has 1 unspecified atom stereocenters. The summed E-state index contributed by atoms with van der Waals surface area (Å²) in [5.41, 5.74) is 1.25. The first-order valence-electron chi connectivity index (χ1n) is 7.99. The van der Waals surface area contributed by atoms with Crippen LogP contribution in [0.4, 0.5) is 4.79 Å². The molecule has 2 aliphatic rings. The summed E-state index contributed by atoms with van der Waals surface area (Å²) in [7, 11) is 0. The van der Waals surface area contributed by atoms with Gasteiger partial charge in [-0.05, 0) is 37.2 Å². The normalized spacial score (nSPS) is 21.5. The van der Waals surface area contributed by atoms with Crippen molar-refractivity contribution in [3.05, 3.63) is 35.9 Å². The highest BCUT2D eigenvalue weighted by Gasteiger charge is 2.29. The van der Waals surface area contributed by atoms with Crippen LogP contribution in [-0.2, 0) is 11.2 Å². The fraction of sp³-hybridized carbons (Fsp3) is 0.588. The summed E-state index contributed by atoms with van der Waals surface area (Å²) in [5.74, 6) is 0.791. The molecule has 1 aromatic carbocycles. The third-order valence-electron chi connectivity index (χ3n) is 4.23. The Hall–Kier alpha value is -1.55. The number of ether oxygens (including phenoxy) is 1. The van der Waals surface area contributed by atoms with Gasteiger partial charge in [0, 0.05) is 26.2 Å². The van der Waals surface area contributed by atoms with E-state index in [4.69, 9.17) is 4.74 Å². The number of carbonyl (C=O) groups is 1. The van der Waals surface area contributed by atoms with Gasteiger partial charge in [-0.1, -0.05) is 30.3 Å². The van der Waals surface area contributed by atoms with Crippen LogP contribution in [0.15, 0.2) is 30.3 Å². The minimum absolute atomic E-state index is 0.0449. The quantitative estimate of drug-likeness (QED) is 0.873. The molecular formula is C17H24N2O2. The van der Waals surface area contributed by atoms with E-state index < -0.39 is 0 Å². The molecule has 0 aromatic heterocycles. The lowest BCUT2D eigenvalue weighted by Gasteiger charge is -2.17. The van der Waals surface area contributed by atoms with E-state index in [1.54, 1.807) is 0 Å². The van der Waals surface area contributed by atoms with Gasteiger partial charge >= 0.3 is 6.03 Å². The van der Waals surface area contributed by atoms with Crippen molar-refractivity contribution in [2.24, 2.45) is 5.92 Å². The van der Waals surface area contributed by atoms with Gasteiger partial charge in [-0.3, -0.25) is 0 Å². The Morgan fingerprint density at radius 2 is 2.05 bits per heavy atom. The first-order chi connectivity index (χ1) is 10.3. The molecule has 3 rings (SSSR count). The maximum absolute atomic E-state index is 12.1. The average molecular weight is 288 g/mol. The van der Waals surface area contributed by atoms with Gasteiger partial charge in [0.05, 0.1) is 6.10 Å². The molecule has 1 aromatic rings. The molecule has 1 aliphatic heterocycles. The van der Waals surface area contributed by atoms with Crippen LogP contribution in [0.5, 0.6) is 0 Å².